The van der Waals surface area contributed by atoms with Crippen LogP contribution in [0.3, 0.4) is 0 Å². The maximum atomic E-state index is 13.0. The van der Waals surface area contributed by atoms with E-state index in [9.17, 15) is 8.42 Å². The summed E-state index contributed by atoms with van der Waals surface area (Å²) in [6.45, 7) is 1.82. The number of nitrogens with one attached hydrogen (secondary N) is 1. The topological polar surface area (TPSA) is 76.9 Å². The number of hydrogen-bond acceptors (Lipinski definition) is 6. The predicted molar refractivity (Wildman–Crippen MR) is 105 cm³/mol. The number of aromatic nitrogens is 3. The molecule has 9 heteroatoms. The second kappa shape index (κ2) is 6.67. The number of anilines is 1. The number of thiazole rings is 1. The minimum atomic E-state index is -3.82. The van der Waals surface area contributed by atoms with Crippen molar-refractivity contribution in [1.29, 1.82) is 0 Å². The van der Waals surface area contributed by atoms with Crippen molar-refractivity contribution in [2.45, 2.75) is 11.8 Å². The van der Waals surface area contributed by atoms with Gasteiger partial charge in [0.05, 0.1) is 22.5 Å². The van der Waals surface area contributed by atoms with Crippen LogP contribution in [0.4, 0.5) is 5.13 Å². The van der Waals surface area contributed by atoms with Gasteiger partial charge in [-0.3, -0.25) is 4.72 Å². The number of para-hydroxylation sites is 1. The van der Waals surface area contributed by atoms with Crippen LogP contribution in [0.15, 0.2) is 64.3 Å². The second-order valence-corrected chi connectivity index (χ2v) is 8.96. The first kappa shape index (κ1) is 17.0. The smallest absolute Gasteiger partial charge is 0.255 e. The van der Waals surface area contributed by atoms with E-state index >= 15 is 0 Å². The van der Waals surface area contributed by atoms with Gasteiger partial charge in [0.25, 0.3) is 10.0 Å². The fourth-order valence-corrected chi connectivity index (χ4v) is 5.29. The summed E-state index contributed by atoms with van der Waals surface area (Å²) in [5.41, 5.74) is 1.98. The highest BCUT2D eigenvalue weighted by Crippen LogP contribution is 2.32. The lowest BCUT2D eigenvalue weighted by Gasteiger charge is -2.04. The summed E-state index contributed by atoms with van der Waals surface area (Å²) in [6.07, 6.45) is 1.53. The number of thiophene rings is 1. The van der Waals surface area contributed by atoms with Gasteiger partial charge in [0.1, 0.15) is 10.6 Å². The molecule has 26 heavy (non-hydrogen) atoms. The highest BCUT2D eigenvalue weighted by Gasteiger charge is 2.25. The lowest BCUT2D eigenvalue weighted by molar-refractivity contribution is 0.601. The first-order valence-electron chi connectivity index (χ1n) is 7.67. The zero-order valence-electron chi connectivity index (χ0n) is 13.7. The molecule has 1 aromatic carbocycles. The van der Waals surface area contributed by atoms with Gasteiger partial charge in [-0.15, -0.1) is 22.7 Å². The number of benzene rings is 1. The molecule has 0 spiro atoms. The first-order valence-corrected chi connectivity index (χ1v) is 10.9. The van der Waals surface area contributed by atoms with Crippen molar-refractivity contribution in [3.05, 3.63) is 65.1 Å². The summed E-state index contributed by atoms with van der Waals surface area (Å²) >= 11 is 2.70. The van der Waals surface area contributed by atoms with E-state index in [1.54, 1.807) is 10.1 Å². The number of aryl methyl sites for hydroxylation is 1. The van der Waals surface area contributed by atoms with Crippen LogP contribution in [0.2, 0.25) is 0 Å². The molecule has 132 valence electrons. The molecule has 0 aliphatic rings. The van der Waals surface area contributed by atoms with E-state index in [-0.39, 0.29) is 4.90 Å². The molecule has 0 fully saturated rings. The zero-order chi connectivity index (χ0) is 18.1. The van der Waals surface area contributed by atoms with E-state index in [1.165, 1.54) is 28.9 Å². The average Bonchev–Trinajstić information content (AvgIpc) is 3.35. The Morgan fingerprint density at radius 2 is 1.88 bits per heavy atom. The average molecular weight is 403 g/mol. The molecule has 0 atom stereocenters. The molecule has 3 heterocycles. The van der Waals surface area contributed by atoms with Crippen LogP contribution in [-0.4, -0.2) is 23.2 Å². The van der Waals surface area contributed by atoms with Crippen molar-refractivity contribution >= 4 is 37.8 Å². The Balaban J connectivity index is 1.82. The van der Waals surface area contributed by atoms with Crippen LogP contribution >= 0.6 is 22.7 Å². The van der Waals surface area contributed by atoms with E-state index in [4.69, 9.17) is 0 Å². The summed E-state index contributed by atoms with van der Waals surface area (Å²) in [4.78, 5) is 5.09. The fraction of sp³-hybridized carbons (Fsp3) is 0.0588. The molecule has 0 aliphatic carbocycles. The van der Waals surface area contributed by atoms with Gasteiger partial charge in [0.15, 0.2) is 5.13 Å². The Morgan fingerprint density at radius 3 is 2.54 bits per heavy atom. The maximum absolute atomic E-state index is 13.0. The van der Waals surface area contributed by atoms with Crippen LogP contribution < -0.4 is 4.72 Å². The maximum Gasteiger partial charge on any atom is 0.267 e. The van der Waals surface area contributed by atoms with Crippen LogP contribution in [-0.2, 0) is 10.0 Å². The summed E-state index contributed by atoms with van der Waals surface area (Å²) in [7, 11) is -3.82. The molecule has 0 bridgehead atoms. The number of nitrogens with zero attached hydrogens (tertiary/aromatic N) is 3. The van der Waals surface area contributed by atoms with Gasteiger partial charge >= 0.3 is 0 Å². The molecule has 0 saturated heterocycles. The third kappa shape index (κ3) is 3.28. The Morgan fingerprint density at radius 1 is 1.08 bits per heavy atom. The van der Waals surface area contributed by atoms with Gasteiger partial charge in [-0.1, -0.05) is 24.3 Å². The Kier molecular flexibility index (Phi) is 4.35. The van der Waals surface area contributed by atoms with E-state index in [0.29, 0.717) is 10.8 Å². The van der Waals surface area contributed by atoms with Crippen molar-refractivity contribution in [1.82, 2.24) is 14.8 Å². The number of hydrogen-bond donors (Lipinski definition) is 1. The summed E-state index contributed by atoms with van der Waals surface area (Å²) in [5, 5.41) is 8.56. The molecule has 0 radical (unpaired) electrons. The van der Waals surface area contributed by atoms with Crippen LogP contribution in [0.5, 0.6) is 0 Å². The van der Waals surface area contributed by atoms with Crippen molar-refractivity contribution < 1.29 is 8.42 Å². The highest BCUT2D eigenvalue weighted by molar-refractivity contribution is 7.93. The standard InChI is InChI=1S/C17H14N4O2S3/c1-12-11-25-17(18-12)20-26(22,23)15-10-21(13-6-3-2-4-7-13)19-16(15)14-8-5-9-24-14/h2-11H,1H3,(H,18,20). The predicted octanol–water partition coefficient (Wildman–Crippen LogP) is 4.17. The van der Waals surface area contributed by atoms with Gasteiger partial charge in [-0.05, 0) is 30.5 Å². The first-order chi connectivity index (χ1) is 12.5. The minimum Gasteiger partial charge on any atom is -0.255 e. The molecule has 0 amide bonds. The van der Waals surface area contributed by atoms with E-state index in [2.05, 4.69) is 14.8 Å². The van der Waals surface area contributed by atoms with Crippen molar-refractivity contribution in [3.63, 3.8) is 0 Å². The summed E-state index contributed by atoms with van der Waals surface area (Å²) in [5.74, 6) is 0. The van der Waals surface area contributed by atoms with Gasteiger partial charge in [-0.25, -0.2) is 18.1 Å². The van der Waals surface area contributed by atoms with Gasteiger partial charge < -0.3 is 0 Å². The van der Waals surface area contributed by atoms with Crippen LogP contribution in [0.1, 0.15) is 5.69 Å². The fourth-order valence-electron chi connectivity index (χ4n) is 2.42. The lowest BCUT2D eigenvalue weighted by Crippen LogP contribution is -2.13. The third-order valence-electron chi connectivity index (χ3n) is 3.59. The number of sulfonamides is 1. The molecule has 6 nitrogen and oxygen atoms in total. The molecular weight excluding hydrogens is 388 g/mol. The Hall–Kier alpha value is -2.49. The molecule has 0 aliphatic heterocycles. The molecule has 4 rings (SSSR count). The molecule has 0 unspecified atom stereocenters. The van der Waals surface area contributed by atoms with Gasteiger partial charge in [0, 0.05) is 5.38 Å². The summed E-state index contributed by atoms with van der Waals surface area (Å²) in [6, 6.07) is 13.1. The van der Waals surface area contributed by atoms with Crippen molar-refractivity contribution in [3.8, 4) is 16.3 Å². The monoisotopic (exact) mass is 402 g/mol. The van der Waals surface area contributed by atoms with Gasteiger partial charge in [0.2, 0.25) is 0 Å². The second-order valence-electron chi connectivity index (χ2n) is 5.50. The van der Waals surface area contributed by atoms with Crippen molar-refractivity contribution in [2.24, 2.45) is 0 Å². The lowest BCUT2D eigenvalue weighted by atomic mass is 10.3. The molecule has 4 aromatic rings. The largest absolute Gasteiger partial charge is 0.267 e. The number of rotatable bonds is 5. The molecular formula is C17H14N4O2S3. The van der Waals surface area contributed by atoms with Crippen LogP contribution in [0.25, 0.3) is 16.3 Å². The Bertz CT molecular complexity index is 1130. The van der Waals surface area contributed by atoms with E-state index < -0.39 is 10.0 Å². The quantitative estimate of drug-likeness (QED) is 0.544. The van der Waals surface area contributed by atoms with E-state index in [1.807, 2.05) is 54.8 Å². The third-order valence-corrected chi connectivity index (χ3v) is 6.81. The highest BCUT2D eigenvalue weighted by atomic mass is 32.2. The minimum absolute atomic E-state index is 0.122. The SMILES string of the molecule is Cc1csc(NS(=O)(=O)c2cn(-c3ccccc3)nc2-c2cccs2)n1. The molecule has 3 aromatic heterocycles. The normalized spacial score (nSPS) is 11.6. The molecule has 0 saturated carbocycles. The zero-order valence-corrected chi connectivity index (χ0v) is 16.1. The van der Waals surface area contributed by atoms with Crippen molar-refractivity contribution in [2.75, 3.05) is 4.72 Å². The Labute approximate surface area is 158 Å². The van der Waals surface area contributed by atoms with Gasteiger partial charge in [-0.2, -0.15) is 5.10 Å². The summed E-state index contributed by atoms with van der Waals surface area (Å²) < 4.78 is 30.1. The molecule has 1 N–H and O–H groups in total. The van der Waals surface area contributed by atoms with Crippen LogP contribution in [0, 0.1) is 6.92 Å². The van der Waals surface area contributed by atoms with E-state index in [0.717, 1.165) is 16.3 Å².